The van der Waals surface area contributed by atoms with Crippen molar-refractivity contribution in [3.63, 3.8) is 0 Å². The minimum absolute atomic E-state index is 0.0286. The molecule has 0 saturated carbocycles. The number of hydrogen-bond acceptors (Lipinski definition) is 8. The predicted molar refractivity (Wildman–Crippen MR) is 119 cm³/mol. The lowest BCUT2D eigenvalue weighted by Gasteiger charge is -2.24. The summed E-state index contributed by atoms with van der Waals surface area (Å²) in [6.07, 6.45) is 1.27. The van der Waals surface area contributed by atoms with E-state index in [0.29, 0.717) is 11.3 Å². The van der Waals surface area contributed by atoms with E-state index in [9.17, 15) is 29.2 Å². The van der Waals surface area contributed by atoms with Crippen molar-refractivity contribution in [3.05, 3.63) is 100 Å². The van der Waals surface area contributed by atoms with Crippen molar-refractivity contribution in [2.75, 3.05) is 6.61 Å². The molecule has 1 atom stereocenters. The summed E-state index contributed by atoms with van der Waals surface area (Å²) in [6.45, 7) is 3.36. The number of carbonyl (C=O) groups excluding carboxylic acids is 1. The Morgan fingerprint density at radius 3 is 2.65 bits per heavy atom. The zero-order valence-corrected chi connectivity index (χ0v) is 18.8. The van der Waals surface area contributed by atoms with E-state index >= 15 is 0 Å². The fraction of sp³-hybridized carbons (Fsp3) is 0.174. The van der Waals surface area contributed by atoms with Gasteiger partial charge < -0.3 is 9.84 Å². The minimum Gasteiger partial charge on any atom is -0.867 e. The number of para-hydroxylation sites is 1. The van der Waals surface area contributed by atoms with Crippen LogP contribution in [0.4, 0.5) is 10.1 Å². The van der Waals surface area contributed by atoms with Gasteiger partial charge in [-0.1, -0.05) is 35.6 Å². The third-order valence-corrected chi connectivity index (χ3v) is 6.19. The number of hydrogen-bond donors (Lipinski definition) is 0. The Balaban J connectivity index is 1.97. The van der Waals surface area contributed by atoms with Crippen molar-refractivity contribution >= 4 is 29.1 Å². The van der Waals surface area contributed by atoms with Gasteiger partial charge in [0.25, 0.3) is 11.2 Å². The molecule has 0 bridgehead atoms. The van der Waals surface area contributed by atoms with Gasteiger partial charge in [0, 0.05) is 6.07 Å². The Labute approximate surface area is 195 Å². The van der Waals surface area contributed by atoms with E-state index in [2.05, 4.69) is 4.99 Å². The maximum Gasteiger partial charge on any atom is 0.338 e. The largest absolute Gasteiger partial charge is 0.867 e. The Kier molecular flexibility index (Phi) is 6.12. The average Bonchev–Trinajstić information content (AvgIpc) is 3.09. The number of thiazole rings is 1. The molecule has 2 heterocycles. The highest BCUT2D eigenvalue weighted by Crippen LogP contribution is 2.31. The first kappa shape index (κ1) is 23.1. The lowest BCUT2D eigenvalue weighted by Crippen LogP contribution is -2.39. The highest BCUT2D eigenvalue weighted by molar-refractivity contribution is 7.07. The first-order chi connectivity index (χ1) is 16.2. The van der Waals surface area contributed by atoms with Crippen molar-refractivity contribution in [3.8, 4) is 5.75 Å². The summed E-state index contributed by atoms with van der Waals surface area (Å²) in [6, 6.07) is 8.25. The molecular formula is C23H17FN3O6S-. The lowest BCUT2D eigenvalue weighted by atomic mass is 9.96. The number of benzene rings is 2. The van der Waals surface area contributed by atoms with Crippen molar-refractivity contribution in [2.45, 2.75) is 19.9 Å². The summed E-state index contributed by atoms with van der Waals surface area (Å²) in [5.41, 5.74) is -0.262. The number of halogens is 1. The van der Waals surface area contributed by atoms with Gasteiger partial charge >= 0.3 is 5.97 Å². The van der Waals surface area contributed by atoms with Gasteiger partial charge in [-0.2, -0.15) is 0 Å². The number of nitro groups is 1. The van der Waals surface area contributed by atoms with Crippen molar-refractivity contribution < 1.29 is 24.0 Å². The van der Waals surface area contributed by atoms with Crippen LogP contribution in [0.1, 0.15) is 31.0 Å². The van der Waals surface area contributed by atoms with Gasteiger partial charge in [0.15, 0.2) is 4.80 Å². The topological polar surface area (TPSA) is 127 Å². The van der Waals surface area contributed by atoms with Crippen LogP contribution >= 0.6 is 11.3 Å². The van der Waals surface area contributed by atoms with E-state index in [4.69, 9.17) is 4.74 Å². The third-order valence-electron chi connectivity index (χ3n) is 5.21. The van der Waals surface area contributed by atoms with E-state index in [-0.39, 0.29) is 27.1 Å². The third kappa shape index (κ3) is 4.01. The molecule has 9 nitrogen and oxygen atoms in total. The molecule has 1 aromatic heterocycles. The van der Waals surface area contributed by atoms with Crippen LogP contribution in [0.2, 0.25) is 0 Å². The molecule has 2 aromatic carbocycles. The van der Waals surface area contributed by atoms with Crippen LogP contribution in [0.3, 0.4) is 0 Å². The van der Waals surface area contributed by atoms with E-state index in [1.807, 2.05) is 0 Å². The van der Waals surface area contributed by atoms with E-state index in [1.54, 1.807) is 13.8 Å². The molecule has 0 unspecified atom stereocenters. The Bertz CT molecular complexity index is 1520. The monoisotopic (exact) mass is 482 g/mol. The van der Waals surface area contributed by atoms with Crippen LogP contribution in [0.5, 0.6) is 5.75 Å². The molecule has 0 N–H and O–H groups in total. The maximum atomic E-state index is 13.6. The Morgan fingerprint density at radius 2 is 2.00 bits per heavy atom. The molecule has 0 amide bonds. The van der Waals surface area contributed by atoms with Crippen LogP contribution in [0.25, 0.3) is 6.08 Å². The zero-order chi connectivity index (χ0) is 24.6. The number of esters is 1. The molecule has 4 rings (SSSR count). The van der Waals surface area contributed by atoms with Crippen LogP contribution in [-0.4, -0.2) is 22.1 Å². The standard InChI is InChI=1S/C23H18FN3O6S/c1-3-33-22(30)18-12(2)25-23-26(19(18)13-7-9-15(24)10-8-13)21(29)17(34-23)11-14-5-4-6-16(20(14)28)27(31)32/h4-11,19,28H,3H2,1-2H3/p-1/b17-11+/t19-/m1/s1. The van der Waals surface area contributed by atoms with E-state index in [1.165, 1.54) is 47.0 Å². The number of rotatable bonds is 5. The number of fused-ring (bicyclic) bond motifs is 1. The van der Waals surface area contributed by atoms with E-state index < -0.39 is 39.7 Å². The molecule has 0 fully saturated rings. The molecule has 0 spiro atoms. The number of allylic oxidation sites excluding steroid dienone is 1. The second-order valence-corrected chi connectivity index (χ2v) is 8.32. The number of aromatic nitrogens is 1. The molecule has 174 valence electrons. The summed E-state index contributed by atoms with van der Waals surface area (Å²) in [5.74, 6) is -1.96. The Morgan fingerprint density at radius 1 is 1.29 bits per heavy atom. The summed E-state index contributed by atoms with van der Waals surface area (Å²) in [5, 5.41) is 23.5. The lowest BCUT2D eigenvalue weighted by molar-refractivity contribution is -0.398. The zero-order valence-electron chi connectivity index (χ0n) is 18.0. The minimum atomic E-state index is -0.935. The summed E-state index contributed by atoms with van der Waals surface area (Å²) >= 11 is 0.971. The smallest absolute Gasteiger partial charge is 0.338 e. The van der Waals surface area contributed by atoms with Gasteiger partial charge in [-0.3, -0.25) is 19.5 Å². The van der Waals surface area contributed by atoms with Crippen LogP contribution in [0, 0.1) is 15.9 Å². The second-order valence-electron chi connectivity index (χ2n) is 7.31. The van der Waals surface area contributed by atoms with Gasteiger partial charge in [0.05, 0.1) is 33.4 Å². The number of nitro benzene ring substituents is 1. The average molecular weight is 482 g/mol. The quantitative estimate of drug-likeness (QED) is 0.311. The molecule has 34 heavy (non-hydrogen) atoms. The fourth-order valence-electron chi connectivity index (χ4n) is 3.69. The predicted octanol–water partition coefficient (Wildman–Crippen LogP) is 1.92. The molecule has 0 saturated heterocycles. The first-order valence-corrected chi connectivity index (χ1v) is 10.9. The van der Waals surface area contributed by atoms with Gasteiger partial charge in [-0.05, 0) is 48.9 Å². The molecule has 1 aliphatic rings. The molecule has 0 aliphatic carbocycles. The molecule has 3 aromatic rings. The van der Waals surface area contributed by atoms with E-state index in [0.717, 1.165) is 17.4 Å². The number of nitrogens with zero attached hydrogens (tertiary/aromatic N) is 3. The van der Waals surface area contributed by atoms with Crippen molar-refractivity contribution in [1.29, 1.82) is 0 Å². The summed E-state index contributed by atoms with van der Waals surface area (Å²) in [7, 11) is 0. The Hall–Kier alpha value is -4.12. The van der Waals surface area contributed by atoms with Crippen LogP contribution in [-0.2, 0) is 9.53 Å². The first-order valence-electron chi connectivity index (χ1n) is 10.1. The van der Waals surface area contributed by atoms with Crippen molar-refractivity contribution in [1.82, 2.24) is 4.57 Å². The second kappa shape index (κ2) is 9.02. The van der Waals surface area contributed by atoms with Crippen LogP contribution in [0.15, 0.2) is 63.5 Å². The molecule has 0 radical (unpaired) electrons. The molecular weight excluding hydrogens is 465 g/mol. The fourth-order valence-corrected chi connectivity index (χ4v) is 4.73. The van der Waals surface area contributed by atoms with Gasteiger partial charge in [0.2, 0.25) is 0 Å². The number of carbonyl (C=O) groups is 1. The maximum absolute atomic E-state index is 13.6. The SMILES string of the molecule is CCOC(=O)C1=C(C)N=c2s/c(=C/c3cccc([N+](=O)[O-])c3[O-])c(=O)n2[C@@H]1c1ccc(F)cc1. The summed E-state index contributed by atoms with van der Waals surface area (Å²) in [4.78, 5) is 41.2. The van der Waals surface area contributed by atoms with Crippen molar-refractivity contribution in [2.24, 2.45) is 4.99 Å². The molecule has 1 aliphatic heterocycles. The van der Waals surface area contributed by atoms with Gasteiger partial charge in [-0.15, -0.1) is 0 Å². The highest BCUT2D eigenvalue weighted by atomic mass is 32.1. The summed E-state index contributed by atoms with van der Waals surface area (Å²) < 4.78 is 20.1. The van der Waals surface area contributed by atoms with Crippen LogP contribution < -0.4 is 20.0 Å². The van der Waals surface area contributed by atoms with Gasteiger partial charge in [-0.25, -0.2) is 14.2 Å². The molecule has 11 heteroatoms. The normalized spacial score (nSPS) is 15.6. The van der Waals surface area contributed by atoms with Gasteiger partial charge in [0.1, 0.15) is 5.82 Å². The highest BCUT2D eigenvalue weighted by Gasteiger charge is 2.33. The number of ether oxygens (including phenoxy) is 1.